The van der Waals surface area contributed by atoms with Crippen LogP contribution >= 0.6 is 15.9 Å². The van der Waals surface area contributed by atoms with Crippen molar-refractivity contribution in [1.82, 2.24) is 4.98 Å². The quantitative estimate of drug-likeness (QED) is 0.894. The summed E-state index contributed by atoms with van der Waals surface area (Å²) in [6.45, 7) is 2.96. The van der Waals surface area contributed by atoms with E-state index in [1.807, 2.05) is 6.20 Å². The fourth-order valence-electron chi connectivity index (χ4n) is 3.29. The van der Waals surface area contributed by atoms with E-state index in [2.05, 4.69) is 57.4 Å². The van der Waals surface area contributed by atoms with Crippen molar-refractivity contribution in [2.24, 2.45) is 11.7 Å². The molecule has 2 atom stereocenters. The Morgan fingerprint density at radius 1 is 1.50 bits per heavy atom. The van der Waals surface area contributed by atoms with Gasteiger partial charge in [0, 0.05) is 22.6 Å². The Morgan fingerprint density at radius 3 is 3.05 bits per heavy atom. The highest BCUT2D eigenvalue weighted by Gasteiger charge is 2.39. The normalized spacial score (nSPS) is 26.1. The Kier molecular flexibility index (Phi) is 3.69. The third kappa shape index (κ3) is 2.31. The van der Waals surface area contributed by atoms with E-state index in [-0.39, 0.29) is 5.54 Å². The molecular formula is C16H20BrN3. The molecule has 0 spiro atoms. The molecule has 1 saturated carbocycles. The predicted molar refractivity (Wildman–Crippen MR) is 87.9 cm³/mol. The summed E-state index contributed by atoms with van der Waals surface area (Å²) in [7, 11) is 0. The average Bonchev–Trinajstić information content (AvgIpc) is 2.80. The van der Waals surface area contributed by atoms with Crippen molar-refractivity contribution in [1.29, 1.82) is 0 Å². The van der Waals surface area contributed by atoms with Crippen molar-refractivity contribution < 1.29 is 0 Å². The first kappa shape index (κ1) is 13.8. The first-order valence-corrected chi connectivity index (χ1v) is 7.96. The Balaban J connectivity index is 2.02. The molecule has 1 aliphatic rings. The highest BCUT2D eigenvalue weighted by atomic mass is 79.9. The van der Waals surface area contributed by atoms with Crippen molar-refractivity contribution in [2.75, 3.05) is 11.9 Å². The number of hydrogen-bond donors (Lipinski definition) is 2. The summed E-state index contributed by atoms with van der Waals surface area (Å²) >= 11 is 3.48. The minimum atomic E-state index is 0.0169. The summed E-state index contributed by atoms with van der Waals surface area (Å²) in [5.41, 5.74) is 8.21. The lowest BCUT2D eigenvalue weighted by Crippen LogP contribution is -2.47. The Bertz CT molecular complexity index is 628. The van der Waals surface area contributed by atoms with Crippen LogP contribution in [0.4, 0.5) is 5.69 Å². The number of halogens is 1. The standard InChI is InChI=1S/C16H20BrN3/c1-11-4-3-7-16(11,10-18)20-14-6-2-5-12-8-13(17)9-19-15(12)14/h2,5-6,8-9,11,20H,3-4,7,10,18H2,1H3. The summed E-state index contributed by atoms with van der Waals surface area (Å²) in [6.07, 6.45) is 5.47. The van der Waals surface area contributed by atoms with Crippen LogP contribution in [0.1, 0.15) is 26.2 Å². The van der Waals surface area contributed by atoms with Gasteiger partial charge in [-0.2, -0.15) is 0 Å². The van der Waals surface area contributed by atoms with Crippen molar-refractivity contribution >= 4 is 32.5 Å². The van der Waals surface area contributed by atoms with Gasteiger partial charge in [-0.05, 0) is 46.8 Å². The van der Waals surface area contributed by atoms with E-state index in [0.29, 0.717) is 12.5 Å². The third-order valence-corrected chi connectivity index (χ3v) is 5.06. The van der Waals surface area contributed by atoms with Gasteiger partial charge in [-0.25, -0.2) is 0 Å². The monoisotopic (exact) mass is 333 g/mol. The minimum absolute atomic E-state index is 0.0169. The number of para-hydroxylation sites is 1. The topological polar surface area (TPSA) is 50.9 Å². The van der Waals surface area contributed by atoms with Crippen LogP contribution in [0.2, 0.25) is 0 Å². The maximum Gasteiger partial charge on any atom is 0.0934 e. The van der Waals surface area contributed by atoms with Gasteiger partial charge in [-0.1, -0.05) is 25.5 Å². The summed E-state index contributed by atoms with van der Waals surface area (Å²) in [6, 6.07) is 8.36. The van der Waals surface area contributed by atoms with E-state index < -0.39 is 0 Å². The molecule has 4 heteroatoms. The molecule has 0 aliphatic heterocycles. The molecule has 1 aliphatic carbocycles. The Labute approximate surface area is 128 Å². The molecule has 0 saturated heterocycles. The molecule has 1 aromatic carbocycles. The van der Waals surface area contributed by atoms with Crippen LogP contribution in [0, 0.1) is 5.92 Å². The molecule has 0 radical (unpaired) electrons. The maximum absolute atomic E-state index is 6.08. The highest BCUT2D eigenvalue weighted by Crippen LogP contribution is 2.38. The molecule has 0 amide bonds. The molecule has 1 heterocycles. The molecular weight excluding hydrogens is 314 g/mol. The Hall–Kier alpha value is -1.13. The predicted octanol–water partition coefficient (Wildman–Crippen LogP) is 3.93. The summed E-state index contributed by atoms with van der Waals surface area (Å²) in [5.74, 6) is 0.596. The molecule has 0 bridgehead atoms. The van der Waals surface area contributed by atoms with Gasteiger partial charge >= 0.3 is 0 Å². The minimum Gasteiger partial charge on any atom is -0.376 e. The van der Waals surface area contributed by atoms with Gasteiger partial charge < -0.3 is 11.1 Å². The van der Waals surface area contributed by atoms with E-state index in [4.69, 9.17) is 5.73 Å². The van der Waals surface area contributed by atoms with Crippen LogP contribution in [0.25, 0.3) is 10.9 Å². The van der Waals surface area contributed by atoms with Crippen molar-refractivity contribution in [3.8, 4) is 0 Å². The molecule has 3 rings (SSSR count). The zero-order valence-electron chi connectivity index (χ0n) is 11.7. The lowest BCUT2D eigenvalue weighted by molar-refractivity contribution is 0.382. The second-order valence-electron chi connectivity index (χ2n) is 5.81. The van der Waals surface area contributed by atoms with Crippen LogP contribution in [0.3, 0.4) is 0 Å². The number of nitrogens with zero attached hydrogens (tertiary/aromatic N) is 1. The summed E-state index contributed by atoms with van der Waals surface area (Å²) in [5, 5.41) is 4.85. The number of hydrogen-bond acceptors (Lipinski definition) is 3. The van der Waals surface area contributed by atoms with Crippen molar-refractivity contribution in [2.45, 2.75) is 31.7 Å². The van der Waals surface area contributed by atoms with E-state index >= 15 is 0 Å². The number of rotatable bonds is 3. The maximum atomic E-state index is 6.08. The SMILES string of the molecule is CC1CCCC1(CN)Nc1cccc2cc(Br)cnc12. The second-order valence-corrected chi connectivity index (χ2v) is 6.73. The van der Waals surface area contributed by atoms with Gasteiger partial charge in [0.25, 0.3) is 0 Å². The smallest absolute Gasteiger partial charge is 0.0934 e. The van der Waals surface area contributed by atoms with Crippen molar-refractivity contribution in [3.63, 3.8) is 0 Å². The van der Waals surface area contributed by atoms with E-state index in [1.54, 1.807) is 0 Å². The van der Waals surface area contributed by atoms with Crippen LogP contribution in [-0.2, 0) is 0 Å². The number of nitrogens with two attached hydrogens (primary N) is 1. The second kappa shape index (κ2) is 5.34. The van der Waals surface area contributed by atoms with Crippen LogP contribution in [0.5, 0.6) is 0 Å². The largest absolute Gasteiger partial charge is 0.376 e. The number of pyridine rings is 1. The van der Waals surface area contributed by atoms with Gasteiger partial charge in [0.2, 0.25) is 0 Å². The van der Waals surface area contributed by atoms with E-state index in [9.17, 15) is 0 Å². The van der Waals surface area contributed by atoms with Crippen molar-refractivity contribution in [3.05, 3.63) is 34.9 Å². The van der Waals surface area contributed by atoms with Crippen LogP contribution in [-0.4, -0.2) is 17.1 Å². The fraction of sp³-hybridized carbons (Fsp3) is 0.438. The number of anilines is 1. The molecule has 1 aromatic heterocycles. The molecule has 2 unspecified atom stereocenters. The van der Waals surface area contributed by atoms with Crippen LogP contribution in [0.15, 0.2) is 34.9 Å². The summed E-state index contributed by atoms with van der Waals surface area (Å²) in [4.78, 5) is 4.56. The van der Waals surface area contributed by atoms with Gasteiger partial charge in [-0.15, -0.1) is 0 Å². The first-order chi connectivity index (χ1) is 9.64. The summed E-state index contributed by atoms with van der Waals surface area (Å²) < 4.78 is 1.00. The third-order valence-electron chi connectivity index (χ3n) is 4.63. The number of benzene rings is 1. The molecule has 1 fully saturated rings. The zero-order chi connectivity index (χ0) is 14.2. The van der Waals surface area contributed by atoms with Crippen LogP contribution < -0.4 is 11.1 Å². The zero-order valence-corrected chi connectivity index (χ0v) is 13.3. The molecule has 2 aromatic rings. The lowest BCUT2D eigenvalue weighted by Gasteiger charge is -2.35. The number of nitrogens with one attached hydrogen (secondary N) is 1. The van der Waals surface area contributed by atoms with Gasteiger partial charge in [0.15, 0.2) is 0 Å². The van der Waals surface area contributed by atoms with E-state index in [1.165, 1.54) is 12.8 Å². The molecule has 3 N–H and O–H groups in total. The van der Waals surface area contributed by atoms with E-state index in [0.717, 1.165) is 27.5 Å². The van der Waals surface area contributed by atoms with Gasteiger partial charge in [-0.3, -0.25) is 4.98 Å². The van der Waals surface area contributed by atoms with Gasteiger partial charge in [0.05, 0.1) is 16.7 Å². The first-order valence-electron chi connectivity index (χ1n) is 7.17. The van der Waals surface area contributed by atoms with Gasteiger partial charge in [0.1, 0.15) is 0 Å². The molecule has 3 nitrogen and oxygen atoms in total. The molecule has 106 valence electrons. The number of fused-ring (bicyclic) bond motifs is 1. The molecule has 20 heavy (non-hydrogen) atoms. The highest BCUT2D eigenvalue weighted by molar-refractivity contribution is 9.10. The Morgan fingerprint density at radius 2 is 2.35 bits per heavy atom. The average molecular weight is 334 g/mol. The fourth-order valence-corrected chi connectivity index (χ4v) is 3.64. The lowest BCUT2D eigenvalue weighted by atomic mass is 9.88. The number of aromatic nitrogens is 1.